The summed E-state index contributed by atoms with van der Waals surface area (Å²) in [7, 11) is 7.32. The second-order valence-electron chi connectivity index (χ2n) is 6.79. The normalized spacial score (nSPS) is 11.4. The Bertz CT molecular complexity index is 959. The summed E-state index contributed by atoms with van der Waals surface area (Å²) in [6, 6.07) is 14.2. The zero-order chi connectivity index (χ0) is 20.1. The van der Waals surface area contributed by atoms with Crippen LogP contribution in [0.15, 0.2) is 42.5 Å². The van der Waals surface area contributed by atoms with Gasteiger partial charge in [0, 0.05) is 26.2 Å². The standard InChI is InChI=1S/C22H26N4O2/c1-15(12-16-6-9-18(10-7-16)26(2)3)22-23-21(24-25-22)14-17-8-11-19(27-4)20(13-17)28-5/h6-13H,14H2,1-5H3,(H,23,24,25)/b15-12+. The van der Waals surface area contributed by atoms with Crippen molar-refractivity contribution < 1.29 is 9.47 Å². The highest BCUT2D eigenvalue weighted by Crippen LogP contribution is 2.28. The van der Waals surface area contributed by atoms with Crippen molar-refractivity contribution >= 4 is 17.3 Å². The number of anilines is 1. The first kappa shape index (κ1) is 19.5. The van der Waals surface area contributed by atoms with Gasteiger partial charge in [0.25, 0.3) is 0 Å². The molecule has 0 atom stereocenters. The minimum absolute atomic E-state index is 0.637. The number of methoxy groups -OCH3 is 2. The third kappa shape index (κ3) is 4.52. The molecule has 1 heterocycles. The van der Waals surface area contributed by atoms with E-state index in [0.29, 0.717) is 23.7 Å². The van der Waals surface area contributed by atoms with Crippen molar-refractivity contribution in [3.63, 3.8) is 0 Å². The molecule has 0 saturated heterocycles. The molecule has 2 aromatic carbocycles. The highest BCUT2D eigenvalue weighted by atomic mass is 16.5. The first-order valence-electron chi connectivity index (χ1n) is 9.08. The Morgan fingerprint density at radius 1 is 1.04 bits per heavy atom. The first-order valence-corrected chi connectivity index (χ1v) is 9.08. The predicted molar refractivity (Wildman–Crippen MR) is 113 cm³/mol. The van der Waals surface area contributed by atoms with E-state index in [-0.39, 0.29) is 0 Å². The van der Waals surface area contributed by atoms with Crippen molar-refractivity contribution in [3.8, 4) is 11.5 Å². The summed E-state index contributed by atoms with van der Waals surface area (Å²) >= 11 is 0. The topological polar surface area (TPSA) is 63.3 Å². The summed E-state index contributed by atoms with van der Waals surface area (Å²) in [4.78, 5) is 6.71. The third-order valence-electron chi connectivity index (χ3n) is 4.50. The number of aromatic nitrogens is 3. The second-order valence-corrected chi connectivity index (χ2v) is 6.79. The minimum Gasteiger partial charge on any atom is -0.493 e. The maximum absolute atomic E-state index is 5.36. The molecule has 0 aliphatic carbocycles. The summed E-state index contributed by atoms with van der Waals surface area (Å²) in [5.74, 6) is 2.92. The Hall–Kier alpha value is -3.28. The quantitative estimate of drug-likeness (QED) is 0.672. The van der Waals surface area contributed by atoms with E-state index in [9.17, 15) is 0 Å². The van der Waals surface area contributed by atoms with E-state index in [4.69, 9.17) is 9.47 Å². The number of hydrogen-bond donors (Lipinski definition) is 1. The van der Waals surface area contributed by atoms with E-state index < -0.39 is 0 Å². The maximum atomic E-state index is 5.36. The molecule has 0 spiro atoms. The molecule has 0 aliphatic heterocycles. The summed E-state index contributed by atoms with van der Waals surface area (Å²) in [5.41, 5.74) is 4.37. The van der Waals surface area contributed by atoms with Crippen molar-refractivity contribution in [1.82, 2.24) is 15.2 Å². The van der Waals surface area contributed by atoms with Crippen LogP contribution in [0.5, 0.6) is 11.5 Å². The lowest BCUT2D eigenvalue weighted by atomic mass is 10.1. The van der Waals surface area contributed by atoms with E-state index in [2.05, 4.69) is 50.4 Å². The smallest absolute Gasteiger partial charge is 0.176 e. The summed E-state index contributed by atoms with van der Waals surface area (Å²) < 4.78 is 10.6. The van der Waals surface area contributed by atoms with Crippen LogP contribution in [0.4, 0.5) is 5.69 Å². The molecule has 0 unspecified atom stereocenters. The van der Waals surface area contributed by atoms with Crippen LogP contribution in [0.3, 0.4) is 0 Å². The molecule has 0 radical (unpaired) electrons. The van der Waals surface area contributed by atoms with Crippen molar-refractivity contribution in [1.29, 1.82) is 0 Å². The average Bonchev–Trinajstić information content (AvgIpc) is 3.17. The molecule has 0 saturated carbocycles. The molecular weight excluding hydrogens is 352 g/mol. The van der Waals surface area contributed by atoms with E-state index in [1.165, 1.54) is 5.69 Å². The van der Waals surface area contributed by atoms with Gasteiger partial charge in [-0.25, -0.2) is 4.98 Å². The molecule has 6 heteroatoms. The molecular formula is C22H26N4O2. The van der Waals surface area contributed by atoms with Crippen molar-refractivity contribution in [2.24, 2.45) is 0 Å². The lowest BCUT2D eigenvalue weighted by molar-refractivity contribution is 0.354. The van der Waals surface area contributed by atoms with E-state index in [1.807, 2.05) is 39.2 Å². The first-order chi connectivity index (χ1) is 13.5. The Kier molecular flexibility index (Phi) is 5.99. The molecule has 3 aromatic rings. The van der Waals surface area contributed by atoms with Gasteiger partial charge < -0.3 is 14.4 Å². The van der Waals surface area contributed by atoms with Gasteiger partial charge in [-0.05, 0) is 54.0 Å². The Balaban J connectivity index is 1.74. The molecule has 1 N–H and O–H groups in total. The van der Waals surface area contributed by atoms with Gasteiger partial charge >= 0.3 is 0 Å². The van der Waals surface area contributed by atoms with Gasteiger partial charge in [0.15, 0.2) is 17.3 Å². The lowest BCUT2D eigenvalue weighted by Crippen LogP contribution is -2.07. The van der Waals surface area contributed by atoms with Crippen LogP contribution in [-0.2, 0) is 6.42 Å². The lowest BCUT2D eigenvalue weighted by Gasteiger charge is -2.11. The van der Waals surface area contributed by atoms with Gasteiger partial charge in [-0.2, -0.15) is 5.10 Å². The highest BCUT2D eigenvalue weighted by Gasteiger charge is 2.09. The van der Waals surface area contributed by atoms with E-state index >= 15 is 0 Å². The Labute approximate surface area is 165 Å². The van der Waals surface area contributed by atoms with Gasteiger partial charge in [0.05, 0.1) is 14.2 Å². The maximum Gasteiger partial charge on any atom is 0.176 e. The zero-order valence-electron chi connectivity index (χ0n) is 17.0. The number of ether oxygens (including phenoxy) is 2. The molecule has 1 aromatic heterocycles. The number of rotatable bonds is 7. The highest BCUT2D eigenvalue weighted by molar-refractivity contribution is 5.77. The van der Waals surface area contributed by atoms with Crippen LogP contribution in [0.2, 0.25) is 0 Å². The van der Waals surface area contributed by atoms with Crippen LogP contribution in [-0.4, -0.2) is 43.5 Å². The molecule has 3 rings (SSSR count). The van der Waals surface area contributed by atoms with Crippen molar-refractivity contribution in [2.75, 3.05) is 33.2 Å². The number of nitrogens with one attached hydrogen (secondary N) is 1. The second kappa shape index (κ2) is 8.61. The predicted octanol–water partition coefficient (Wildman–Crippen LogP) is 4.04. The van der Waals surface area contributed by atoms with Gasteiger partial charge in [0.1, 0.15) is 5.82 Å². The number of H-pyrrole nitrogens is 1. The molecule has 0 fully saturated rings. The number of nitrogens with zero attached hydrogens (tertiary/aromatic N) is 3. The number of hydrogen-bond acceptors (Lipinski definition) is 5. The SMILES string of the molecule is COc1ccc(Cc2nc(/C(C)=C/c3ccc(N(C)C)cc3)n[nH]2)cc1OC. The Morgan fingerprint density at radius 2 is 1.75 bits per heavy atom. The van der Waals surface area contributed by atoms with Crippen LogP contribution >= 0.6 is 0 Å². The fourth-order valence-electron chi connectivity index (χ4n) is 2.92. The number of benzene rings is 2. The molecule has 28 heavy (non-hydrogen) atoms. The average molecular weight is 378 g/mol. The minimum atomic E-state index is 0.637. The summed E-state index contributed by atoms with van der Waals surface area (Å²) in [5, 5.41) is 7.39. The largest absolute Gasteiger partial charge is 0.493 e. The monoisotopic (exact) mass is 378 g/mol. The molecule has 6 nitrogen and oxygen atoms in total. The van der Waals surface area contributed by atoms with E-state index in [0.717, 1.165) is 22.5 Å². The number of allylic oxidation sites excluding steroid dienone is 1. The molecule has 0 bridgehead atoms. The van der Waals surface area contributed by atoms with Crippen LogP contribution in [0.1, 0.15) is 29.7 Å². The van der Waals surface area contributed by atoms with Gasteiger partial charge in [-0.1, -0.05) is 18.2 Å². The van der Waals surface area contributed by atoms with Gasteiger partial charge in [-0.15, -0.1) is 0 Å². The van der Waals surface area contributed by atoms with Crippen molar-refractivity contribution in [2.45, 2.75) is 13.3 Å². The fourth-order valence-corrected chi connectivity index (χ4v) is 2.92. The van der Waals surface area contributed by atoms with Gasteiger partial charge in [0.2, 0.25) is 0 Å². The van der Waals surface area contributed by atoms with Crippen molar-refractivity contribution in [3.05, 3.63) is 65.2 Å². The zero-order valence-corrected chi connectivity index (χ0v) is 17.0. The number of aromatic amines is 1. The molecule has 0 aliphatic rings. The molecule has 0 amide bonds. The van der Waals surface area contributed by atoms with Gasteiger partial charge in [-0.3, -0.25) is 5.10 Å². The van der Waals surface area contributed by atoms with Crippen LogP contribution in [0.25, 0.3) is 11.6 Å². The van der Waals surface area contributed by atoms with E-state index in [1.54, 1.807) is 14.2 Å². The van der Waals surface area contributed by atoms with Crippen LogP contribution < -0.4 is 14.4 Å². The molecule has 146 valence electrons. The summed E-state index contributed by atoms with van der Waals surface area (Å²) in [6.07, 6.45) is 2.72. The van der Waals surface area contributed by atoms with Crippen LogP contribution in [0, 0.1) is 0 Å². The Morgan fingerprint density at radius 3 is 2.39 bits per heavy atom. The fraction of sp³-hybridized carbons (Fsp3) is 0.273. The summed E-state index contributed by atoms with van der Waals surface area (Å²) in [6.45, 7) is 2.02. The third-order valence-corrected chi connectivity index (χ3v) is 4.50.